The molecular formula is C14H17N3O2S. The highest BCUT2D eigenvalue weighted by Gasteiger charge is 2.18. The Hall–Kier alpha value is -1.53. The molecule has 1 aliphatic heterocycles. The van der Waals surface area contributed by atoms with Crippen molar-refractivity contribution in [2.24, 2.45) is 7.05 Å². The van der Waals surface area contributed by atoms with Crippen molar-refractivity contribution in [2.75, 3.05) is 12.4 Å². The Labute approximate surface area is 122 Å². The first-order valence-electron chi connectivity index (χ1n) is 6.68. The van der Waals surface area contributed by atoms with Crippen LogP contribution in [0.15, 0.2) is 29.4 Å². The van der Waals surface area contributed by atoms with Gasteiger partial charge in [-0.05, 0) is 25.0 Å². The summed E-state index contributed by atoms with van der Waals surface area (Å²) >= 11 is 1.65. The summed E-state index contributed by atoms with van der Waals surface area (Å²) in [6.07, 6.45) is 2.59. The minimum atomic E-state index is 0.221. The van der Waals surface area contributed by atoms with Crippen molar-refractivity contribution in [1.29, 1.82) is 0 Å². The first-order chi connectivity index (χ1) is 9.75. The Kier molecular flexibility index (Phi) is 3.93. The van der Waals surface area contributed by atoms with E-state index in [-0.39, 0.29) is 5.75 Å². The summed E-state index contributed by atoms with van der Waals surface area (Å²) in [5.41, 5.74) is 0.700. The van der Waals surface area contributed by atoms with Crippen LogP contribution in [0, 0.1) is 0 Å². The average Bonchev–Trinajstić information content (AvgIpc) is 3.07. The van der Waals surface area contributed by atoms with Gasteiger partial charge in [0.1, 0.15) is 5.75 Å². The quantitative estimate of drug-likeness (QED) is 0.877. The predicted molar refractivity (Wildman–Crippen MR) is 77.8 cm³/mol. The second-order valence-electron chi connectivity index (χ2n) is 4.83. The number of phenolic OH excluding ortho intramolecular Hbond substituents is 1. The Bertz CT molecular complexity index is 594. The molecule has 5 nitrogen and oxygen atoms in total. The van der Waals surface area contributed by atoms with Crippen LogP contribution >= 0.6 is 11.8 Å². The molecule has 0 amide bonds. The van der Waals surface area contributed by atoms with Crippen LogP contribution in [0.4, 0.5) is 0 Å². The third-order valence-corrected chi connectivity index (χ3v) is 4.55. The second kappa shape index (κ2) is 5.85. The molecule has 1 fully saturated rings. The minimum absolute atomic E-state index is 0.221. The van der Waals surface area contributed by atoms with Crippen LogP contribution in [-0.2, 0) is 11.8 Å². The topological polar surface area (TPSA) is 60.2 Å². The highest BCUT2D eigenvalue weighted by molar-refractivity contribution is 7.99. The number of thioether (sulfide) groups is 1. The maximum Gasteiger partial charge on any atom is 0.191 e. The maximum atomic E-state index is 9.89. The van der Waals surface area contributed by atoms with E-state index in [2.05, 4.69) is 10.2 Å². The molecule has 1 N–H and O–H groups in total. The third kappa shape index (κ3) is 2.66. The molecule has 2 aromatic rings. The Morgan fingerprint density at radius 3 is 3.00 bits per heavy atom. The summed E-state index contributed by atoms with van der Waals surface area (Å²) in [5.74, 6) is 1.80. The van der Waals surface area contributed by atoms with Crippen molar-refractivity contribution in [1.82, 2.24) is 14.8 Å². The van der Waals surface area contributed by atoms with Gasteiger partial charge in [-0.3, -0.25) is 0 Å². The molecule has 1 atom stereocenters. The van der Waals surface area contributed by atoms with Gasteiger partial charge in [-0.25, -0.2) is 0 Å². The lowest BCUT2D eigenvalue weighted by Crippen LogP contribution is -2.08. The highest BCUT2D eigenvalue weighted by Crippen LogP contribution is 2.30. The van der Waals surface area contributed by atoms with Gasteiger partial charge >= 0.3 is 0 Å². The van der Waals surface area contributed by atoms with E-state index in [1.807, 2.05) is 23.7 Å². The van der Waals surface area contributed by atoms with Crippen molar-refractivity contribution < 1.29 is 9.84 Å². The Balaban J connectivity index is 1.76. The lowest BCUT2D eigenvalue weighted by atomic mass is 10.2. The standard InChI is InChI=1S/C14H17N3O2S/c1-17-13(11-6-2-3-7-12(11)18)15-16-14(17)20-9-10-5-4-8-19-10/h2-3,6-7,10,18H,4-5,8-9H2,1H3/t10-/m1/s1. The van der Waals surface area contributed by atoms with Gasteiger partial charge < -0.3 is 14.4 Å². The van der Waals surface area contributed by atoms with Crippen molar-refractivity contribution in [3.63, 3.8) is 0 Å². The van der Waals surface area contributed by atoms with Gasteiger partial charge in [0.15, 0.2) is 11.0 Å². The Morgan fingerprint density at radius 1 is 1.40 bits per heavy atom. The van der Waals surface area contributed by atoms with Gasteiger partial charge in [-0.15, -0.1) is 10.2 Å². The molecule has 0 unspecified atom stereocenters. The normalized spacial score (nSPS) is 18.6. The van der Waals surface area contributed by atoms with E-state index >= 15 is 0 Å². The highest BCUT2D eigenvalue weighted by atomic mass is 32.2. The summed E-state index contributed by atoms with van der Waals surface area (Å²) in [6.45, 7) is 0.868. The average molecular weight is 291 g/mol. The number of aromatic nitrogens is 3. The molecule has 1 aromatic carbocycles. The zero-order valence-corrected chi connectivity index (χ0v) is 12.1. The van der Waals surface area contributed by atoms with E-state index in [9.17, 15) is 5.11 Å². The molecule has 0 saturated carbocycles. The lowest BCUT2D eigenvalue weighted by Gasteiger charge is -2.08. The smallest absolute Gasteiger partial charge is 0.191 e. The number of aromatic hydroxyl groups is 1. The van der Waals surface area contributed by atoms with Crippen LogP contribution in [0.3, 0.4) is 0 Å². The third-order valence-electron chi connectivity index (χ3n) is 3.40. The van der Waals surface area contributed by atoms with Crippen LogP contribution < -0.4 is 0 Å². The summed E-state index contributed by atoms with van der Waals surface area (Å²) in [6, 6.07) is 7.17. The van der Waals surface area contributed by atoms with Crippen LogP contribution in [-0.4, -0.2) is 38.3 Å². The van der Waals surface area contributed by atoms with Gasteiger partial charge in [-0.2, -0.15) is 0 Å². The van der Waals surface area contributed by atoms with Crippen LogP contribution in [0.1, 0.15) is 12.8 Å². The molecule has 20 heavy (non-hydrogen) atoms. The predicted octanol–water partition coefficient (Wildman–Crippen LogP) is 2.46. The number of phenols is 1. The number of para-hydroxylation sites is 1. The minimum Gasteiger partial charge on any atom is -0.507 e. The van der Waals surface area contributed by atoms with Crippen LogP contribution in [0.2, 0.25) is 0 Å². The molecule has 3 rings (SSSR count). The van der Waals surface area contributed by atoms with E-state index in [0.29, 0.717) is 17.5 Å². The summed E-state index contributed by atoms with van der Waals surface area (Å²) < 4.78 is 7.52. The number of benzene rings is 1. The number of rotatable bonds is 4. The SMILES string of the molecule is Cn1c(SC[C@H]2CCCO2)nnc1-c1ccccc1O. The molecule has 0 spiro atoms. The number of hydrogen-bond acceptors (Lipinski definition) is 5. The van der Waals surface area contributed by atoms with Gasteiger partial charge in [0, 0.05) is 19.4 Å². The molecule has 1 saturated heterocycles. The fourth-order valence-corrected chi connectivity index (χ4v) is 3.26. The molecule has 1 aliphatic rings. The Morgan fingerprint density at radius 2 is 2.25 bits per heavy atom. The van der Waals surface area contributed by atoms with E-state index in [1.54, 1.807) is 23.9 Å². The van der Waals surface area contributed by atoms with E-state index < -0.39 is 0 Å². The zero-order chi connectivity index (χ0) is 13.9. The molecule has 0 radical (unpaired) electrons. The molecule has 2 heterocycles. The van der Waals surface area contributed by atoms with Gasteiger partial charge in [0.25, 0.3) is 0 Å². The van der Waals surface area contributed by atoms with E-state index in [0.717, 1.165) is 30.4 Å². The zero-order valence-electron chi connectivity index (χ0n) is 11.3. The van der Waals surface area contributed by atoms with Crippen molar-refractivity contribution >= 4 is 11.8 Å². The largest absolute Gasteiger partial charge is 0.507 e. The molecule has 1 aromatic heterocycles. The lowest BCUT2D eigenvalue weighted by molar-refractivity contribution is 0.129. The summed E-state index contributed by atoms with van der Waals surface area (Å²) in [5, 5.41) is 19.1. The number of nitrogens with zero attached hydrogens (tertiary/aromatic N) is 3. The van der Waals surface area contributed by atoms with Crippen molar-refractivity contribution in [3.8, 4) is 17.1 Å². The van der Waals surface area contributed by atoms with E-state index in [4.69, 9.17) is 4.74 Å². The maximum absolute atomic E-state index is 9.89. The van der Waals surface area contributed by atoms with Crippen molar-refractivity contribution in [2.45, 2.75) is 24.1 Å². The first kappa shape index (κ1) is 13.5. The molecular weight excluding hydrogens is 274 g/mol. The van der Waals surface area contributed by atoms with Crippen LogP contribution in [0.5, 0.6) is 5.75 Å². The molecule has 106 valence electrons. The fourth-order valence-electron chi connectivity index (χ4n) is 2.28. The van der Waals surface area contributed by atoms with Crippen molar-refractivity contribution in [3.05, 3.63) is 24.3 Å². The van der Waals surface area contributed by atoms with Gasteiger partial charge in [-0.1, -0.05) is 23.9 Å². The van der Waals surface area contributed by atoms with E-state index in [1.165, 1.54) is 0 Å². The first-order valence-corrected chi connectivity index (χ1v) is 7.66. The van der Waals surface area contributed by atoms with Crippen LogP contribution in [0.25, 0.3) is 11.4 Å². The molecule has 0 bridgehead atoms. The number of ether oxygens (including phenoxy) is 1. The van der Waals surface area contributed by atoms with Gasteiger partial charge in [0.05, 0.1) is 11.7 Å². The number of hydrogen-bond donors (Lipinski definition) is 1. The second-order valence-corrected chi connectivity index (χ2v) is 5.82. The van der Waals surface area contributed by atoms with Gasteiger partial charge in [0.2, 0.25) is 0 Å². The molecule has 6 heteroatoms. The fraction of sp³-hybridized carbons (Fsp3) is 0.429. The summed E-state index contributed by atoms with van der Waals surface area (Å²) in [7, 11) is 1.92. The monoisotopic (exact) mass is 291 g/mol. The summed E-state index contributed by atoms with van der Waals surface area (Å²) in [4.78, 5) is 0. The molecule has 0 aliphatic carbocycles.